The zero-order chi connectivity index (χ0) is 23.1. The van der Waals surface area contributed by atoms with Crippen LogP contribution >= 0.6 is 7.26 Å². The molecule has 0 spiro atoms. The van der Waals surface area contributed by atoms with E-state index in [4.69, 9.17) is 0 Å². The molecular formula is C33H36ClP. The third-order valence-electron chi connectivity index (χ3n) is 7.66. The second kappa shape index (κ2) is 12.5. The van der Waals surface area contributed by atoms with E-state index >= 15 is 0 Å². The molecule has 0 N–H and O–H groups in total. The van der Waals surface area contributed by atoms with Gasteiger partial charge in [-0.1, -0.05) is 111 Å². The average molecular weight is 499 g/mol. The Bertz CT molecular complexity index is 1050. The van der Waals surface area contributed by atoms with Crippen molar-refractivity contribution >= 4 is 23.2 Å². The third-order valence-corrected chi connectivity index (χ3v) is 12.0. The Balaban J connectivity index is 0.00000289. The van der Waals surface area contributed by atoms with Gasteiger partial charge in [0.05, 0.1) is 6.16 Å². The molecular weight excluding hydrogens is 463 g/mol. The molecule has 0 bridgehead atoms. The highest BCUT2D eigenvalue weighted by Gasteiger charge is 2.45. The van der Waals surface area contributed by atoms with Crippen molar-refractivity contribution in [3.8, 4) is 0 Å². The smallest absolute Gasteiger partial charge is 0.116 e. The minimum Gasteiger partial charge on any atom is -1.00 e. The molecule has 0 aliphatic heterocycles. The zero-order valence-electron chi connectivity index (χ0n) is 20.5. The van der Waals surface area contributed by atoms with Crippen molar-refractivity contribution in [2.45, 2.75) is 51.1 Å². The van der Waals surface area contributed by atoms with Crippen molar-refractivity contribution in [1.29, 1.82) is 0 Å². The summed E-state index contributed by atoms with van der Waals surface area (Å²) in [5.41, 5.74) is 3.09. The van der Waals surface area contributed by atoms with Gasteiger partial charge in [-0.2, -0.15) is 0 Å². The molecule has 0 amide bonds. The first-order chi connectivity index (χ1) is 16.9. The summed E-state index contributed by atoms with van der Waals surface area (Å²) >= 11 is 0. The molecule has 4 aromatic carbocycles. The lowest BCUT2D eigenvalue weighted by Crippen LogP contribution is -3.00. The Morgan fingerprint density at radius 1 is 0.514 bits per heavy atom. The molecule has 35 heavy (non-hydrogen) atoms. The van der Waals surface area contributed by atoms with Gasteiger partial charge in [-0.15, -0.1) is 0 Å². The Labute approximate surface area is 218 Å². The standard InChI is InChI=1S/C33H36P.ClH/c1-5-15-28(16-6-1)25-26-29-17-13-14-18-30(29)27-34(31-19-7-2-8-20-31,32-21-9-3-10-22-32)33-23-11-4-12-24-33;/h2-4,7-14,17-24,28H,1,5-6,15-16,25-27H2;1H/q+1;/p-1. The molecule has 1 aliphatic carbocycles. The first kappa shape index (κ1) is 25.7. The van der Waals surface area contributed by atoms with Gasteiger partial charge in [-0.3, -0.25) is 0 Å². The normalized spacial score (nSPS) is 14.3. The van der Waals surface area contributed by atoms with Crippen molar-refractivity contribution in [3.63, 3.8) is 0 Å². The van der Waals surface area contributed by atoms with Gasteiger partial charge in [0.2, 0.25) is 0 Å². The first-order valence-electron chi connectivity index (χ1n) is 13.0. The van der Waals surface area contributed by atoms with Crippen LogP contribution in [0.4, 0.5) is 0 Å². The quantitative estimate of drug-likeness (QED) is 0.309. The van der Waals surface area contributed by atoms with Crippen LogP contribution in [0, 0.1) is 5.92 Å². The summed E-state index contributed by atoms with van der Waals surface area (Å²) in [6, 6.07) is 43.2. The van der Waals surface area contributed by atoms with E-state index in [2.05, 4.69) is 115 Å². The van der Waals surface area contributed by atoms with Gasteiger partial charge in [0, 0.05) is 0 Å². The second-order valence-corrected chi connectivity index (χ2v) is 13.3. The van der Waals surface area contributed by atoms with E-state index in [0.717, 1.165) is 12.1 Å². The van der Waals surface area contributed by atoms with Crippen LogP contribution in [0.5, 0.6) is 0 Å². The molecule has 4 aromatic rings. The summed E-state index contributed by atoms with van der Waals surface area (Å²) in [5, 5.41) is 4.40. The maximum atomic E-state index is 2.40. The molecule has 0 radical (unpaired) electrons. The lowest BCUT2D eigenvalue weighted by molar-refractivity contribution is -0.00000674. The van der Waals surface area contributed by atoms with Crippen LogP contribution in [0.15, 0.2) is 115 Å². The topological polar surface area (TPSA) is 0 Å². The highest BCUT2D eigenvalue weighted by atomic mass is 35.5. The van der Waals surface area contributed by atoms with Gasteiger partial charge in [0.15, 0.2) is 0 Å². The van der Waals surface area contributed by atoms with Crippen molar-refractivity contribution in [2.75, 3.05) is 0 Å². The van der Waals surface area contributed by atoms with Gasteiger partial charge < -0.3 is 12.4 Å². The summed E-state index contributed by atoms with van der Waals surface area (Å²) in [5.74, 6) is 0.915. The van der Waals surface area contributed by atoms with Gasteiger partial charge in [0.25, 0.3) is 0 Å². The van der Waals surface area contributed by atoms with Crippen LogP contribution in [0.1, 0.15) is 49.7 Å². The van der Waals surface area contributed by atoms with Crippen LogP contribution in [-0.4, -0.2) is 0 Å². The Kier molecular flexibility index (Phi) is 9.19. The summed E-state index contributed by atoms with van der Waals surface area (Å²) in [6.45, 7) is 0. The predicted molar refractivity (Wildman–Crippen MR) is 150 cm³/mol. The molecule has 2 heteroatoms. The molecule has 5 rings (SSSR count). The fraction of sp³-hybridized carbons (Fsp3) is 0.273. The number of benzene rings is 4. The highest BCUT2D eigenvalue weighted by molar-refractivity contribution is 7.95. The fourth-order valence-corrected chi connectivity index (χ4v) is 10.1. The van der Waals surface area contributed by atoms with Crippen LogP contribution in [-0.2, 0) is 12.6 Å². The molecule has 0 aromatic heterocycles. The van der Waals surface area contributed by atoms with Crippen LogP contribution < -0.4 is 28.3 Å². The molecule has 0 atom stereocenters. The third kappa shape index (κ3) is 5.88. The van der Waals surface area contributed by atoms with E-state index in [0.29, 0.717) is 0 Å². The predicted octanol–water partition coefficient (Wildman–Crippen LogP) is 4.70. The molecule has 0 heterocycles. The fourth-order valence-electron chi connectivity index (χ4n) is 5.82. The number of aryl methyl sites for hydroxylation is 1. The van der Waals surface area contributed by atoms with Gasteiger partial charge in [0.1, 0.15) is 23.2 Å². The van der Waals surface area contributed by atoms with Gasteiger partial charge in [-0.05, 0) is 66.3 Å². The number of hydrogen-bond acceptors (Lipinski definition) is 0. The SMILES string of the molecule is [Cl-].c1ccc([P+](Cc2ccccc2CCC2CCCCC2)(c2ccccc2)c2ccccc2)cc1. The van der Waals surface area contributed by atoms with Crippen molar-refractivity contribution in [3.05, 3.63) is 126 Å². The van der Waals surface area contributed by atoms with E-state index in [-0.39, 0.29) is 12.4 Å². The summed E-state index contributed by atoms with van der Waals surface area (Å²) in [6.07, 6.45) is 10.8. The monoisotopic (exact) mass is 498 g/mol. The maximum Gasteiger partial charge on any atom is 0.116 e. The average Bonchev–Trinajstić information content (AvgIpc) is 2.93. The molecule has 1 fully saturated rings. The zero-order valence-corrected chi connectivity index (χ0v) is 22.2. The van der Waals surface area contributed by atoms with E-state index < -0.39 is 7.26 Å². The maximum absolute atomic E-state index is 2.40. The van der Waals surface area contributed by atoms with Gasteiger partial charge in [-0.25, -0.2) is 0 Å². The van der Waals surface area contributed by atoms with Crippen LogP contribution in [0.3, 0.4) is 0 Å². The molecule has 1 aliphatic rings. The summed E-state index contributed by atoms with van der Waals surface area (Å²) in [7, 11) is -1.86. The minimum atomic E-state index is -1.86. The van der Waals surface area contributed by atoms with E-state index in [1.165, 1.54) is 66.4 Å². The Morgan fingerprint density at radius 3 is 1.43 bits per heavy atom. The minimum absolute atomic E-state index is 0. The molecule has 0 unspecified atom stereocenters. The molecule has 0 saturated heterocycles. The van der Waals surface area contributed by atoms with Crippen molar-refractivity contribution in [1.82, 2.24) is 0 Å². The molecule has 1 saturated carbocycles. The second-order valence-electron chi connectivity index (χ2n) is 9.79. The van der Waals surface area contributed by atoms with Crippen LogP contribution in [0.25, 0.3) is 0 Å². The van der Waals surface area contributed by atoms with Crippen LogP contribution in [0.2, 0.25) is 0 Å². The number of rotatable bonds is 8. The van der Waals surface area contributed by atoms with Crippen molar-refractivity contribution < 1.29 is 12.4 Å². The largest absolute Gasteiger partial charge is 1.00 e. The number of hydrogen-bond donors (Lipinski definition) is 0. The van der Waals surface area contributed by atoms with E-state index in [1.54, 1.807) is 5.56 Å². The summed E-state index contributed by atoms with van der Waals surface area (Å²) < 4.78 is 0. The molecule has 0 nitrogen and oxygen atoms in total. The summed E-state index contributed by atoms with van der Waals surface area (Å²) in [4.78, 5) is 0. The van der Waals surface area contributed by atoms with Crippen molar-refractivity contribution in [2.24, 2.45) is 5.92 Å². The van der Waals surface area contributed by atoms with E-state index in [1.807, 2.05) is 0 Å². The highest BCUT2D eigenvalue weighted by Crippen LogP contribution is 2.58. The lowest BCUT2D eigenvalue weighted by atomic mass is 9.85. The Morgan fingerprint density at radius 2 is 0.943 bits per heavy atom. The Hall–Kier alpha value is -2.40. The lowest BCUT2D eigenvalue weighted by Gasteiger charge is -2.29. The van der Waals surface area contributed by atoms with Gasteiger partial charge >= 0.3 is 0 Å². The van der Waals surface area contributed by atoms with E-state index in [9.17, 15) is 0 Å². The first-order valence-corrected chi connectivity index (χ1v) is 15.0. The molecule has 180 valence electrons. The number of halogens is 1.